The Bertz CT molecular complexity index is 307. The van der Waals surface area contributed by atoms with Gasteiger partial charge in [-0.25, -0.2) is 0 Å². The third-order valence-electron chi connectivity index (χ3n) is 3.49. The molecular formula is C13H25NO6. The van der Waals surface area contributed by atoms with E-state index in [-0.39, 0.29) is 12.0 Å². The molecule has 0 aliphatic carbocycles. The van der Waals surface area contributed by atoms with Crippen molar-refractivity contribution in [3.05, 3.63) is 0 Å². The Morgan fingerprint density at radius 1 is 1.30 bits per heavy atom. The number of aliphatic hydroxyl groups excluding tert-OH is 3. The lowest BCUT2D eigenvalue weighted by Crippen LogP contribution is -2.65. The number of aliphatic hydroxyl groups is 3. The zero-order valence-electron chi connectivity index (χ0n) is 12.2. The molecule has 0 saturated carbocycles. The van der Waals surface area contributed by atoms with E-state index >= 15 is 0 Å². The number of nitrogens with one attached hydrogen (secondary N) is 1. The van der Waals surface area contributed by atoms with E-state index in [9.17, 15) is 20.1 Å². The first-order valence-electron chi connectivity index (χ1n) is 6.99. The highest BCUT2D eigenvalue weighted by atomic mass is 16.7. The third-order valence-corrected chi connectivity index (χ3v) is 3.49. The molecule has 0 unspecified atom stereocenters. The minimum absolute atomic E-state index is 0.0851. The fourth-order valence-electron chi connectivity index (χ4n) is 2.26. The Morgan fingerprint density at radius 3 is 2.35 bits per heavy atom. The Kier molecular flexibility index (Phi) is 6.84. The van der Waals surface area contributed by atoms with Crippen molar-refractivity contribution >= 4 is 5.91 Å². The van der Waals surface area contributed by atoms with Crippen LogP contribution in [0.15, 0.2) is 0 Å². The molecule has 1 fully saturated rings. The molecular weight excluding hydrogens is 266 g/mol. The van der Waals surface area contributed by atoms with Gasteiger partial charge in [-0.15, -0.1) is 0 Å². The van der Waals surface area contributed by atoms with Gasteiger partial charge in [-0.3, -0.25) is 4.79 Å². The van der Waals surface area contributed by atoms with E-state index in [1.54, 1.807) is 0 Å². The van der Waals surface area contributed by atoms with Crippen LogP contribution in [0.4, 0.5) is 0 Å². The zero-order valence-corrected chi connectivity index (χ0v) is 12.2. The van der Waals surface area contributed by atoms with Crippen molar-refractivity contribution in [1.29, 1.82) is 0 Å². The van der Waals surface area contributed by atoms with E-state index in [1.165, 1.54) is 6.92 Å². The second-order valence-corrected chi connectivity index (χ2v) is 5.01. The van der Waals surface area contributed by atoms with E-state index in [2.05, 4.69) is 5.32 Å². The quantitative estimate of drug-likeness (QED) is 0.507. The standard InChI is InChI=1S/C13H25NO6/c1-4-8(5-2)19-13-10(14-7(3)16)12(18)11(17)9(6-15)20-13/h8-13,15,17-18H,4-6H2,1-3H3,(H,14,16)/t9-,10-,11-,12-,13-/m1/s1. The van der Waals surface area contributed by atoms with Crippen molar-refractivity contribution in [3.63, 3.8) is 0 Å². The van der Waals surface area contributed by atoms with Gasteiger partial charge in [0.2, 0.25) is 5.91 Å². The highest BCUT2D eigenvalue weighted by Crippen LogP contribution is 2.24. The number of amides is 1. The van der Waals surface area contributed by atoms with Crippen molar-refractivity contribution in [2.24, 2.45) is 0 Å². The molecule has 118 valence electrons. The SMILES string of the molecule is CCC(CC)O[C@@H]1O[C@H](CO)[C@@H](O)[C@H](O)[C@H]1NC(C)=O. The summed E-state index contributed by atoms with van der Waals surface area (Å²) in [6, 6.07) is -0.870. The van der Waals surface area contributed by atoms with Crippen LogP contribution >= 0.6 is 0 Å². The molecule has 1 rings (SSSR count). The first kappa shape index (κ1) is 17.3. The van der Waals surface area contributed by atoms with Crippen LogP contribution in [-0.4, -0.2) is 64.6 Å². The first-order valence-corrected chi connectivity index (χ1v) is 6.99. The molecule has 0 aromatic rings. The molecule has 7 nitrogen and oxygen atoms in total. The Hall–Kier alpha value is -0.730. The number of carbonyl (C=O) groups excluding carboxylic acids is 1. The summed E-state index contributed by atoms with van der Waals surface area (Å²) in [4.78, 5) is 11.2. The summed E-state index contributed by atoms with van der Waals surface area (Å²) < 4.78 is 11.2. The fraction of sp³-hybridized carbons (Fsp3) is 0.923. The van der Waals surface area contributed by atoms with Gasteiger partial charge in [0, 0.05) is 6.92 Å². The molecule has 5 atom stereocenters. The molecule has 0 bridgehead atoms. The molecule has 1 heterocycles. The minimum atomic E-state index is -1.28. The van der Waals surface area contributed by atoms with E-state index in [4.69, 9.17) is 9.47 Å². The van der Waals surface area contributed by atoms with E-state index in [0.29, 0.717) is 0 Å². The molecule has 1 amide bonds. The number of ether oxygens (including phenoxy) is 2. The molecule has 7 heteroatoms. The maximum Gasteiger partial charge on any atom is 0.217 e. The second kappa shape index (κ2) is 7.90. The van der Waals surface area contributed by atoms with Crippen LogP contribution in [0.25, 0.3) is 0 Å². The molecule has 1 aliphatic rings. The smallest absolute Gasteiger partial charge is 0.217 e. The Labute approximate surface area is 118 Å². The van der Waals surface area contributed by atoms with Gasteiger partial charge in [-0.05, 0) is 12.8 Å². The van der Waals surface area contributed by atoms with E-state index in [1.807, 2.05) is 13.8 Å². The van der Waals surface area contributed by atoms with Crippen molar-refractivity contribution < 1.29 is 29.6 Å². The van der Waals surface area contributed by atoms with Crippen molar-refractivity contribution in [2.75, 3.05) is 6.61 Å². The molecule has 0 aromatic heterocycles. The fourth-order valence-corrected chi connectivity index (χ4v) is 2.26. The molecule has 1 saturated heterocycles. The van der Waals surface area contributed by atoms with Gasteiger partial charge in [0.05, 0.1) is 12.7 Å². The number of hydrogen-bond acceptors (Lipinski definition) is 6. The zero-order chi connectivity index (χ0) is 15.3. The average molecular weight is 291 g/mol. The van der Waals surface area contributed by atoms with Crippen molar-refractivity contribution in [1.82, 2.24) is 5.32 Å². The van der Waals surface area contributed by atoms with Crippen LogP contribution in [0.5, 0.6) is 0 Å². The summed E-state index contributed by atoms with van der Waals surface area (Å²) in [6.45, 7) is 4.79. The molecule has 0 aromatic carbocycles. The summed E-state index contributed by atoms with van der Waals surface area (Å²) in [7, 11) is 0. The average Bonchev–Trinajstić information content (AvgIpc) is 2.43. The van der Waals surface area contributed by atoms with Gasteiger partial charge in [0.15, 0.2) is 6.29 Å². The van der Waals surface area contributed by atoms with Crippen LogP contribution in [-0.2, 0) is 14.3 Å². The molecule has 1 aliphatic heterocycles. The van der Waals surface area contributed by atoms with Gasteiger partial charge in [0.1, 0.15) is 24.4 Å². The number of hydrogen-bond donors (Lipinski definition) is 4. The minimum Gasteiger partial charge on any atom is -0.394 e. The van der Waals surface area contributed by atoms with Gasteiger partial charge >= 0.3 is 0 Å². The summed E-state index contributed by atoms with van der Waals surface area (Å²) >= 11 is 0. The largest absolute Gasteiger partial charge is 0.394 e. The lowest BCUT2D eigenvalue weighted by molar-refractivity contribution is -0.282. The molecule has 4 N–H and O–H groups in total. The Morgan fingerprint density at radius 2 is 1.90 bits per heavy atom. The summed E-state index contributed by atoms with van der Waals surface area (Å²) in [5.74, 6) is -0.356. The predicted octanol–water partition coefficient (Wildman–Crippen LogP) is -0.865. The topological polar surface area (TPSA) is 108 Å². The van der Waals surface area contributed by atoms with Crippen LogP contribution in [0.2, 0.25) is 0 Å². The van der Waals surface area contributed by atoms with Crippen molar-refractivity contribution in [2.45, 2.75) is 70.4 Å². The lowest BCUT2D eigenvalue weighted by atomic mass is 9.97. The monoisotopic (exact) mass is 291 g/mol. The summed E-state index contributed by atoms with van der Waals surface area (Å²) in [5, 5.41) is 31.6. The highest BCUT2D eigenvalue weighted by molar-refractivity contribution is 5.73. The van der Waals surface area contributed by atoms with Gasteiger partial charge < -0.3 is 30.1 Å². The lowest BCUT2D eigenvalue weighted by Gasteiger charge is -2.43. The maximum absolute atomic E-state index is 11.2. The third kappa shape index (κ3) is 4.13. The van der Waals surface area contributed by atoms with Gasteiger partial charge in [-0.1, -0.05) is 13.8 Å². The van der Waals surface area contributed by atoms with Gasteiger partial charge in [0.25, 0.3) is 0 Å². The molecule has 0 radical (unpaired) electrons. The van der Waals surface area contributed by atoms with Gasteiger partial charge in [-0.2, -0.15) is 0 Å². The maximum atomic E-state index is 11.2. The van der Waals surface area contributed by atoms with E-state index < -0.39 is 37.3 Å². The number of rotatable bonds is 6. The normalized spacial score (nSPS) is 34.2. The van der Waals surface area contributed by atoms with Crippen LogP contribution in [0.3, 0.4) is 0 Å². The molecule has 20 heavy (non-hydrogen) atoms. The first-order chi connectivity index (χ1) is 9.44. The molecule has 0 spiro atoms. The van der Waals surface area contributed by atoms with E-state index in [0.717, 1.165) is 12.8 Å². The Balaban J connectivity index is 2.85. The second-order valence-electron chi connectivity index (χ2n) is 5.01. The summed E-state index contributed by atoms with van der Waals surface area (Å²) in [5.41, 5.74) is 0. The van der Waals surface area contributed by atoms with Crippen LogP contribution in [0.1, 0.15) is 33.6 Å². The predicted molar refractivity (Wildman–Crippen MR) is 70.8 cm³/mol. The van der Waals surface area contributed by atoms with Crippen molar-refractivity contribution in [3.8, 4) is 0 Å². The van der Waals surface area contributed by atoms with Crippen LogP contribution < -0.4 is 5.32 Å². The number of carbonyl (C=O) groups is 1. The van der Waals surface area contributed by atoms with Crippen LogP contribution in [0, 0.1) is 0 Å². The summed E-state index contributed by atoms with van der Waals surface area (Å²) in [6.07, 6.45) is -2.95. The highest BCUT2D eigenvalue weighted by Gasteiger charge is 2.45.